The first-order chi connectivity index (χ1) is 11.6. The van der Waals surface area contributed by atoms with Crippen molar-refractivity contribution in [3.05, 3.63) is 22.3 Å². The zero-order valence-electron chi connectivity index (χ0n) is 15.5. The molecule has 1 atom stereocenters. The largest absolute Gasteiger partial charge is 0.469 e. The van der Waals surface area contributed by atoms with Crippen LogP contribution in [0.3, 0.4) is 0 Å². The second-order valence-corrected chi connectivity index (χ2v) is 6.37. The van der Waals surface area contributed by atoms with Gasteiger partial charge in [0.2, 0.25) is 6.04 Å². The quantitative estimate of drug-likeness (QED) is 0.123. The van der Waals surface area contributed by atoms with E-state index in [4.69, 9.17) is 0 Å². The number of methoxy groups -OCH3 is 1. The Morgan fingerprint density at radius 1 is 1.04 bits per heavy atom. The third-order valence-corrected chi connectivity index (χ3v) is 4.21. The molecule has 0 saturated carbocycles. The van der Waals surface area contributed by atoms with E-state index in [1.165, 1.54) is 32.8 Å². The number of nitro groups is 1. The van der Waals surface area contributed by atoms with E-state index in [2.05, 4.69) is 11.7 Å². The van der Waals surface area contributed by atoms with Crippen LogP contribution in [0.2, 0.25) is 0 Å². The van der Waals surface area contributed by atoms with Gasteiger partial charge in [-0.2, -0.15) is 0 Å². The van der Waals surface area contributed by atoms with Gasteiger partial charge in [-0.25, -0.2) is 0 Å². The van der Waals surface area contributed by atoms with Crippen molar-refractivity contribution in [2.45, 2.75) is 96.4 Å². The molecule has 0 aromatic rings. The van der Waals surface area contributed by atoms with E-state index < -0.39 is 6.04 Å². The number of carbonyl (C=O) groups excluding carboxylic acids is 1. The Labute approximate surface area is 147 Å². The summed E-state index contributed by atoms with van der Waals surface area (Å²) in [5, 5.41) is 11.1. The number of unbranched alkanes of at least 4 members (excludes halogenated alkanes) is 9. The third-order valence-electron chi connectivity index (χ3n) is 4.21. The molecule has 0 rings (SSSR count). The molecular formula is C19H35NO4. The van der Waals surface area contributed by atoms with Crippen LogP contribution in [0.1, 0.15) is 90.4 Å². The van der Waals surface area contributed by atoms with Gasteiger partial charge < -0.3 is 4.74 Å². The lowest BCUT2D eigenvalue weighted by molar-refractivity contribution is -0.510. The zero-order valence-corrected chi connectivity index (χ0v) is 15.5. The molecule has 5 heteroatoms. The summed E-state index contributed by atoms with van der Waals surface area (Å²) >= 11 is 0. The Bertz CT molecular complexity index is 355. The number of rotatable bonds is 16. The number of nitrogens with zero attached hydrogens (tertiary/aromatic N) is 1. The van der Waals surface area contributed by atoms with E-state index >= 15 is 0 Å². The van der Waals surface area contributed by atoms with Crippen LogP contribution in [0, 0.1) is 10.1 Å². The van der Waals surface area contributed by atoms with Crippen LogP contribution >= 0.6 is 0 Å². The highest BCUT2D eigenvalue weighted by atomic mass is 16.6. The van der Waals surface area contributed by atoms with Crippen molar-refractivity contribution in [3.8, 4) is 0 Å². The number of carbonyl (C=O) groups is 1. The van der Waals surface area contributed by atoms with Crippen molar-refractivity contribution >= 4 is 5.97 Å². The highest BCUT2D eigenvalue weighted by molar-refractivity contribution is 5.68. The molecular weight excluding hydrogens is 306 g/mol. The van der Waals surface area contributed by atoms with Crippen LogP contribution in [-0.4, -0.2) is 24.0 Å². The van der Waals surface area contributed by atoms with E-state index in [0.717, 1.165) is 44.9 Å². The average Bonchev–Trinajstić information content (AvgIpc) is 2.57. The SMILES string of the molecule is CCCCCCC/C=C/C(CCCCCCCC(=O)OC)[N+](=O)[O-]. The topological polar surface area (TPSA) is 69.4 Å². The summed E-state index contributed by atoms with van der Waals surface area (Å²) in [6, 6.07) is -0.546. The van der Waals surface area contributed by atoms with Gasteiger partial charge in [-0.1, -0.05) is 57.9 Å². The van der Waals surface area contributed by atoms with Gasteiger partial charge in [0.25, 0.3) is 0 Å². The number of hydrogen-bond donors (Lipinski definition) is 0. The van der Waals surface area contributed by atoms with Crippen LogP contribution in [-0.2, 0) is 9.53 Å². The Balaban J connectivity index is 3.69. The number of esters is 1. The molecule has 0 saturated heterocycles. The third kappa shape index (κ3) is 14.2. The molecule has 0 aliphatic carbocycles. The molecule has 0 aliphatic heterocycles. The maximum Gasteiger partial charge on any atom is 0.305 e. The lowest BCUT2D eigenvalue weighted by Gasteiger charge is -2.05. The normalized spacial score (nSPS) is 12.4. The number of ether oxygens (including phenoxy) is 1. The molecule has 0 spiro atoms. The standard InChI is InChI=1S/C19H35NO4/c1-3-4-5-6-7-9-12-15-18(20(22)23)16-13-10-8-11-14-17-19(21)24-2/h12,15,18H,3-11,13-14,16-17H2,1-2H3/b15-12+. The Morgan fingerprint density at radius 3 is 2.33 bits per heavy atom. The van der Waals surface area contributed by atoms with Crippen molar-refractivity contribution in [3.63, 3.8) is 0 Å². The fourth-order valence-corrected chi connectivity index (χ4v) is 2.65. The van der Waals surface area contributed by atoms with Crippen LogP contribution in [0.25, 0.3) is 0 Å². The minimum atomic E-state index is -0.546. The van der Waals surface area contributed by atoms with Gasteiger partial charge in [0.15, 0.2) is 0 Å². The van der Waals surface area contributed by atoms with Gasteiger partial charge >= 0.3 is 5.97 Å². The number of allylic oxidation sites excluding steroid dienone is 1. The Morgan fingerprint density at radius 2 is 1.67 bits per heavy atom. The van der Waals surface area contributed by atoms with Crippen molar-refractivity contribution in [1.82, 2.24) is 0 Å². The Hall–Kier alpha value is -1.39. The highest BCUT2D eigenvalue weighted by Gasteiger charge is 2.14. The fourth-order valence-electron chi connectivity index (χ4n) is 2.65. The molecule has 5 nitrogen and oxygen atoms in total. The summed E-state index contributed by atoms with van der Waals surface area (Å²) in [6.07, 6.45) is 16.6. The predicted molar refractivity (Wildman–Crippen MR) is 97.6 cm³/mol. The molecule has 0 bridgehead atoms. The van der Waals surface area contributed by atoms with Crippen LogP contribution < -0.4 is 0 Å². The van der Waals surface area contributed by atoms with Gasteiger partial charge in [-0.05, 0) is 31.8 Å². The minimum Gasteiger partial charge on any atom is -0.469 e. The first-order valence-corrected chi connectivity index (χ1v) is 9.48. The summed E-state index contributed by atoms with van der Waals surface area (Å²) in [5.41, 5.74) is 0. The minimum absolute atomic E-state index is 0.164. The second-order valence-electron chi connectivity index (χ2n) is 6.37. The summed E-state index contributed by atoms with van der Waals surface area (Å²) < 4.78 is 4.59. The second kappa shape index (κ2) is 16.5. The zero-order chi connectivity index (χ0) is 18.0. The molecule has 0 aliphatic rings. The van der Waals surface area contributed by atoms with Crippen LogP contribution in [0.4, 0.5) is 0 Å². The first-order valence-electron chi connectivity index (χ1n) is 9.48. The fraction of sp³-hybridized carbons (Fsp3) is 0.842. The van der Waals surface area contributed by atoms with Crippen molar-refractivity contribution in [1.29, 1.82) is 0 Å². The van der Waals surface area contributed by atoms with E-state index in [0.29, 0.717) is 12.8 Å². The molecule has 1 unspecified atom stereocenters. The average molecular weight is 341 g/mol. The molecule has 0 heterocycles. The van der Waals surface area contributed by atoms with E-state index in [1.54, 1.807) is 6.08 Å². The summed E-state index contributed by atoms with van der Waals surface area (Å²) in [4.78, 5) is 21.9. The summed E-state index contributed by atoms with van der Waals surface area (Å²) in [6.45, 7) is 2.20. The van der Waals surface area contributed by atoms with Crippen LogP contribution in [0.15, 0.2) is 12.2 Å². The predicted octanol–water partition coefficient (Wildman–Crippen LogP) is 5.45. The van der Waals surface area contributed by atoms with E-state index in [1.807, 2.05) is 6.08 Å². The lowest BCUT2D eigenvalue weighted by Crippen LogP contribution is -2.16. The molecule has 0 radical (unpaired) electrons. The highest BCUT2D eigenvalue weighted by Crippen LogP contribution is 2.12. The maximum absolute atomic E-state index is 11.1. The van der Waals surface area contributed by atoms with Gasteiger partial charge in [0.1, 0.15) is 0 Å². The molecule has 24 heavy (non-hydrogen) atoms. The molecule has 0 aromatic heterocycles. The lowest BCUT2D eigenvalue weighted by atomic mass is 10.0. The first kappa shape index (κ1) is 22.6. The molecule has 0 fully saturated rings. The van der Waals surface area contributed by atoms with Crippen molar-refractivity contribution in [2.75, 3.05) is 7.11 Å². The molecule has 0 aromatic carbocycles. The monoisotopic (exact) mass is 341 g/mol. The molecule has 0 amide bonds. The number of hydrogen-bond acceptors (Lipinski definition) is 4. The smallest absolute Gasteiger partial charge is 0.305 e. The van der Waals surface area contributed by atoms with Crippen LogP contribution in [0.5, 0.6) is 0 Å². The van der Waals surface area contributed by atoms with Gasteiger partial charge in [0.05, 0.1) is 7.11 Å². The van der Waals surface area contributed by atoms with E-state index in [9.17, 15) is 14.9 Å². The Kier molecular flexibility index (Phi) is 15.5. The maximum atomic E-state index is 11.1. The van der Waals surface area contributed by atoms with Gasteiger partial charge in [0, 0.05) is 17.8 Å². The van der Waals surface area contributed by atoms with Crippen molar-refractivity contribution in [2.24, 2.45) is 0 Å². The van der Waals surface area contributed by atoms with Gasteiger partial charge in [-0.3, -0.25) is 14.9 Å². The van der Waals surface area contributed by atoms with Crippen molar-refractivity contribution < 1.29 is 14.5 Å². The van der Waals surface area contributed by atoms with Gasteiger partial charge in [-0.15, -0.1) is 0 Å². The van der Waals surface area contributed by atoms with E-state index in [-0.39, 0.29) is 10.9 Å². The molecule has 140 valence electrons. The summed E-state index contributed by atoms with van der Waals surface area (Å²) in [5.74, 6) is -0.164. The molecule has 0 N–H and O–H groups in total. The summed E-state index contributed by atoms with van der Waals surface area (Å²) in [7, 11) is 1.40.